The molecule has 0 aliphatic carbocycles. The highest BCUT2D eigenvalue weighted by molar-refractivity contribution is 14.1. The van der Waals surface area contributed by atoms with Crippen molar-refractivity contribution in [3.05, 3.63) is 106 Å². The Morgan fingerprint density at radius 3 is 2.21 bits per heavy atom. The topological polar surface area (TPSA) is 90.5 Å². The van der Waals surface area contributed by atoms with E-state index in [0.717, 1.165) is 28.0 Å². The molecule has 208 valence electrons. The van der Waals surface area contributed by atoms with Crippen LogP contribution >= 0.6 is 22.6 Å². The number of aryl methyl sites for hydroxylation is 1. The Morgan fingerprint density at radius 1 is 0.897 bits per heavy atom. The molecule has 9 heteroatoms. The van der Waals surface area contributed by atoms with Crippen molar-refractivity contribution >= 4 is 34.4 Å². The van der Waals surface area contributed by atoms with Gasteiger partial charge < -0.3 is 21.1 Å². The standard InChI is InChI=1S/C30H34F2IN3O3/c1-3-20-5-4-6-22(11-20)17-34-18-28(37)27(14-23-12-25(31)15-26(32)13-23)36-29(38)19(2)35-30(39)24-9-7-21(16-33)8-10-24/h4-13,15,19,27-28,34,37H,3,14,16-18H2,1-2H3,(H,35,39)(H,36,38)/t19-,27+,28-/m0/s1. The molecule has 4 N–H and O–H groups in total. The zero-order valence-electron chi connectivity index (χ0n) is 22.0. The van der Waals surface area contributed by atoms with Gasteiger partial charge in [-0.25, -0.2) is 8.78 Å². The molecule has 0 bridgehead atoms. The number of carbonyl (C=O) groups excluding carboxylic acids is 2. The van der Waals surface area contributed by atoms with Crippen LogP contribution in [-0.2, 0) is 28.6 Å². The summed E-state index contributed by atoms with van der Waals surface area (Å²) in [5, 5.41) is 19.6. The molecule has 0 saturated heterocycles. The van der Waals surface area contributed by atoms with Crippen molar-refractivity contribution < 1.29 is 23.5 Å². The molecular weight excluding hydrogens is 615 g/mol. The third-order valence-electron chi connectivity index (χ3n) is 6.36. The van der Waals surface area contributed by atoms with Crippen LogP contribution in [0.2, 0.25) is 0 Å². The smallest absolute Gasteiger partial charge is 0.251 e. The minimum Gasteiger partial charge on any atom is -0.390 e. The lowest BCUT2D eigenvalue weighted by molar-refractivity contribution is -0.124. The first-order valence-corrected chi connectivity index (χ1v) is 14.4. The van der Waals surface area contributed by atoms with Crippen LogP contribution in [0.1, 0.15) is 46.5 Å². The van der Waals surface area contributed by atoms with E-state index in [1.165, 1.54) is 24.6 Å². The van der Waals surface area contributed by atoms with E-state index in [2.05, 4.69) is 51.5 Å². The van der Waals surface area contributed by atoms with E-state index in [1.807, 2.05) is 30.3 Å². The number of aliphatic hydroxyl groups excluding tert-OH is 1. The van der Waals surface area contributed by atoms with Gasteiger partial charge in [0.05, 0.1) is 12.1 Å². The molecule has 0 unspecified atom stereocenters. The average molecular weight is 650 g/mol. The van der Waals surface area contributed by atoms with Gasteiger partial charge in [-0.1, -0.05) is 65.9 Å². The highest BCUT2D eigenvalue weighted by atomic mass is 127. The van der Waals surface area contributed by atoms with Crippen LogP contribution in [0, 0.1) is 11.6 Å². The van der Waals surface area contributed by atoms with Gasteiger partial charge >= 0.3 is 0 Å². The van der Waals surface area contributed by atoms with Crippen LogP contribution in [-0.4, -0.2) is 41.7 Å². The first kappa shape index (κ1) is 30.6. The predicted molar refractivity (Wildman–Crippen MR) is 157 cm³/mol. The number of benzene rings is 3. The number of amides is 2. The van der Waals surface area contributed by atoms with Gasteiger partial charge in [0.2, 0.25) is 5.91 Å². The Bertz CT molecular complexity index is 1240. The van der Waals surface area contributed by atoms with Crippen LogP contribution in [0.4, 0.5) is 8.78 Å². The maximum absolute atomic E-state index is 13.8. The fourth-order valence-corrected chi connectivity index (χ4v) is 4.64. The van der Waals surface area contributed by atoms with E-state index in [9.17, 15) is 23.5 Å². The molecule has 0 aliphatic rings. The minimum atomic E-state index is -1.07. The third-order valence-corrected chi connectivity index (χ3v) is 7.24. The number of carbonyl (C=O) groups is 2. The second-order valence-electron chi connectivity index (χ2n) is 9.49. The summed E-state index contributed by atoms with van der Waals surface area (Å²) in [7, 11) is 0. The minimum absolute atomic E-state index is 0.00693. The molecule has 0 aromatic heterocycles. The van der Waals surface area contributed by atoms with E-state index in [4.69, 9.17) is 0 Å². The van der Waals surface area contributed by atoms with Gasteiger partial charge in [0.1, 0.15) is 17.7 Å². The third kappa shape index (κ3) is 9.66. The van der Waals surface area contributed by atoms with E-state index < -0.39 is 41.6 Å². The zero-order chi connectivity index (χ0) is 28.4. The number of alkyl halides is 1. The highest BCUT2D eigenvalue weighted by Crippen LogP contribution is 2.13. The fraction of sp³-hybridized carbons (Fsp3) is 0.333. The highest BCUT2D eigenvalue weighted by Gasteiger charge is 2.25. The zero-order valence-corrected chi connectivity index (χ0v) is 24.2. The normalized spacial score (nSPS) is 13.4. The monoisotopic (exact) mass is 649 g/mol. The number of rotatable bonds is 13. The Labute approximate surface area is 241 Å². The van der Waals surface area contributed by atoms with E-state index in [0.29, 0.717) is 17.7 Å². The van der Waals surface area contributed by atoms with Gasteiger partial charge in [-0.15, -0.1) is 0 Å². The van der Waals surface area contributed by atoms with Crippen molar-refractivity contribution in [2.75, 3.05) is 6.54 Å². The molecule has 3 rings (SSSR count). The molecule has 0 heterocycles. The maximum Gasteiger partial charge on any atom is 0.251 e. The van der Waals surface area contributed by atoms with Crippen LogP contribution in [0.15, 0.2) is 66.7 Å². The Hall–Kier alpha value is -2.89. The largest absolute Gasteiger partial charge is 0.390 e. The predicted octanol–water partition coefficient (Wildman–Crippen LogP) is 4.46. The lowest BCUT2D eigenvalue weighted by atomic mass is 10.00. The molecule has 3 aromatic carbocycles. The van der Waals surface area contributed by atoms with Crippen molar-refractivity contribution in [2.45, 2.75) is 55.8 Å². The van der Waals surface area contributed by atoms with Gasteiger partial charge in [-0.05, 0) is 66.3 Å². The molecule has 2 amide bonds. The molecule has 0 radical (unpaired) electrons. The Morgan fingerprint density at radius 2 is 1.56 bits per heavy atom. The lowest BCUT2D eigenvalue weighted by Gasteiger charge is -2.26. The van der Waals surface area contributed by atoms with Gasteiger partial charge in [0.15, 0.2) is 0 Å². The molecule has 3 aromatic rings. The quantitative estimate of drug-likeness (QED) is 0.163. The molecular formula is C30H34F2IN3O3. The summed E-state index contributed by atoms with van der Waals surface area (Å²) in [6.07, 6.45) is -0.168. The van der Waals surface area contributed by atoms with E-state index in [-0.39, 0.29) is 13.0 Å². The molecule has 3 atom stereocenters. The van der Waals surface area contributed by atoms with Crippen LogP contribution in [0.3, 0.4) is 0 Å². The first-order valence-electron chi connectivity index (χ1n) is 12.9. The molecule has 39 heavy (non-hydrogen) atoms. The molecule has 0 aliphatic heterocycles. The van der Waals surface area contributed by atoms with Crippen LogP contribution in [0.25, 0.3) is 0 Å². The van der Waals surface area contributed by atoms with Gasteiger partial charge in [-0.2, -0.15) is 0 Å². The summed E-state index contributed by atoms with van der Waals surface area (Å²) < 4.78 is 28.5. The summed E-state index contributed by atoms with van der Waals surface area (Å²) in [5.74, 6) is -2.41. The van der Waals surface area contributed by atoms with Crippen molar-refractivity contribution in [1.82, 2.24) is 16.0 Å². The average Bonchev–Trinajstić information content (AvgIpc) is 2.92. The first-order chi connectivity index (χ1) is 18.7. The second-order valence-corrected chi connectivity index (χ2v) is 10.3. The number of nitrogens with one attached hydrogen (secondary N) is 3. The number of hydrogen-bond acceptors (Lipinski definition) is 4. The fourth-order valence-electron chi connectivity index (χ4n) is 4.13. The van der Waals surface area contributed by atoms with Gasteiger partial charge in [0.25, 0.3) is 5.91 Å². The summed E-state index contributed by atoms with van der Waals surface area (Å²) in [6, 6.07) is 16.5. The number of aliphatic hydroxyl groups is 1. The van der Waals surface area contributed by atoms with Crippen LogP contribution in [0.5, 0.6) is 0 Å². The molecule has 0 saturated carbocycles. The SMILES string of the molecule is CCc1cccc(CNC[C@H](O)[C@@H](Cc2cc(F)cc(F)c2)NC(=O)[C@H](C)NC(=O)c2ccc(CI)cc2)c1. The number of halogens is 3. The molecule has 6 nitrogen and oxygen atoms in total. The maximum atomic E-state index is 13.8. The molecule has 0 fully saturated rings. The van der Waals surface area contributed by atoms with Crippen molar-refractivity contribution in [3.63, 3.8) is 0 Å². The summed E-state index contributed by atoms with van der Waals surface area (Å²) >= 11 is 2.23. The lowest BCUT2D eigenvalue weighted by Crippen LogP contribution is -2.54. The summed E-state index contributed by atoms with van der Waals surface area (Å²) in [6.45, 7) is 4.24. The summed E-state index contributed by atoms with van der Waals surface area (Å²) in [5.41, 5.74) is 4.04. The second kappa shape index (κ2) is 15.0. The number of hydrogen-bond donors (Lipinski definition) is 4. The van der Waals surface area contributed by atoms with E-state index in [1.54, 1.807) is 12.1 Å². The van der Waals surface area contributed by atoms with Crippen molar-refractivity contribution in [3.8, 4) is 0 Å². The van der Waals surface area contributed by atoms with Gasteiger partial charge in [0, 0.05) is 29.1 Å². The summed E-state index contributed by atoms with van der Waals surface area (Å²) in [4.78, 5) is 25.6. The van der Waals surface area contributed by atoms with E-state index >= 15 is 0 Å². The van der Waals surface area contributed by atoms with Crippen molar-refractivity contribution in [1.29, 1.82) is 0 Å². The molecule has 0 spiro atoms. The Kier molecular flexibility index (Phi) is 11.8. The van der Waals surface area contributed by atoms with Crippen molar-refractivity contribution in [2.24, 2.45) is 0 Å². The van der Waals surface area contributed by atoms with Crippen LogP contribution < -0.4 is 16.0 Å². The van der Waals surface area contributed by atoms with Gasteiger partial charge in [-0.3, -0.25) is 9.59 Å². The Balaban J connectivity index is 1.66.